The molecular formula is C14H11BrFNO3S. The van der Waals surface area contributed by atoms with Gasteiger partial charge in [-0.2, -0.15) is 0 Å². The second kappa shape index (κ2) is 5.14. The maximum Gasteiger partial charge on any atom is 0.343 e. The molecule has 3 rings (SSSR count). The molecule has 4 nitrogen and oxygen atoms in total. The van der Waals surface area contributed by atoms with Crippen LogP contribution in [-0.2, 0) is 4.74 Å². The Morgan fingerprint density at radius 1 is 1.52 bits per heavy atom. The van der Waals surface area contributed by atoms with Crippen molar-refractivity contribution in [3.8, 4) is 0 Å². The van der Waals surface area contributed by atoms with Crippen molar-refractivity contribution in [2.24, 2.45) is 0 Å². The van der Waals surface area contributed by atoms with Gasteiger partial charge < -0.3 is 9.30 Å². The monoisotopic (exact) mass is 371 g/mol. The normalized spacial score (nSPS) is 17.0. The Hall–Kier alpha value is -1.34. The van der Waals surface area contributed by atoms with Crippen molar-refractivity contribution in [3.63, 3.8) is 0 Å². The highest BCUT2D eigenvalue weighted by atomic mass is 79.9. The molecule has 1 aliphatic heterocycles. The summed E-state index contributed by atoms with van der Waals surface area (Å²) in [5.41, 5.74) is 0.183. The fourth-order valence-corrected chi connectivity index (χ4v) is 4.29. The summed E-state index contributed by atoms with van der Waals surface area (Å²) in [4.78, 5) is 25.0. The minimum absolute atomic E-state index is 0.0728. The summed E-state index contributed by atoms with van der Waals surface area (Å²) in [7, 11) is 1.22. The van der Waals surface area contributed by atoms with Gasteiger partial charge in [0.15, 0.2) is 0 Å². The Labute approximate surface area is 132 Å². The predicted octanol–water partition coefficient (Wildman–Crippen LogP) is 3.36. The first-order valence-corrected chi connectivity index (χ1v) is 8.02. The molecule has 21 heavy (non-hydrogen) atoms. The number of esters is 1. The van der Waals surface area contributed by atoms with E-state index in [-0.39, 0.29) is 11.6 Å². The van der Waals surface area contributed by atoms with Crippen molar-refractivity contribution in [3.05, 3.63) is 38.3 Å². The van der Waals surface area contributed by atoms with Gasteiger partial charge in [0.25, 0.3) is 5.56 Å². The van der Waals surface area contributed by atoms with Crippen molar-refractivity contribution >= 4 is 44.6 Å². The van der Waals surface area contributed by atoms with Crippen molar-refractivity contribution in [1.82, 2.24) is 4.57 Å². The highest BCUT2D eigenvalue weighted by Gasteiger charge is 2.27. The quantitative estimate of drug-likeness (QED) is 0.721. The minimum Gasteiger partial charge on any atom is -0.465 e. The number of halogens is 2. The fraction of sp³-hybridized carbons (Fsp3) is 0.286. The molecule has 1 aromatic heterocycles. The smallest absolute Gasteiger partial charge is 0.343 e. The average molecular weight is 372 g/mol. The average Bonchev–Trinajstić information content (AvgIpc) is 2.47. The molecule has 7 heteroatoms. The zero-order chi connectivity index (χ0) is 15.3. The lowest BCUT2D eigenvalue weighted by Gasteiger charge is -2.26. The molecule has 0 bridgehead atoms. The van der Waals surface area contributed by atoms with Crippen LogP contribution in [0.5, 0.6) is 0 Å². The highest BCUT2D eigenvalue weighted by molar-refractivity contribution is 9.10. The van der Waals surface area contributed by atoms with Gasteiger partial charge in [-0.05, 0) is 35.0 Å². The van der Waals surface area contributed by atoms with Crippen LogP contribution in [0.1, 0.15) is 23.3 Å². The predicted molar refractivity (Wildman–Crippen MR) is 82.6 cm³/mol. The molecule has 0 spiro atoms. The molecule has 0 amide bonds. The second-order valence-corrected chi connectivity index (χ2v) is 6.65. The number of carbonyl (C=O) groups excluding carboxylic acids is 1. The molecule has 0 N–H and O–H groups in total. The number of nitrogens with zero attached hydrogens (tertiary/aromatic N) is 1. The molecule has 0 unspecified atom stereocenters. The number of hydrogen-bond donors (Lipinski definition) is 0. The van der Waals surface area contributed by atoms with E-state index in [2.05, 4.69) is 20.7 Å². The first-order chi connectivity index (χ1) is 9.95. The third-order valence-corrected chi connectivity index (χ3v) is 5.86. The third-order valence-electron chi connectivity index (χ3n) is 3.48. The molecule has 2 heterocycles. The number of ether oxygens (including phenoxy) is 1. The van der Waals surface area contributed by atoms with Gasteiger partial charge in [-0.25, -0.2) is 9.18 Å². The Morgan fingerprint density at radius 2 is 2.24 bits per heavy atom. The summed E-state index contributed by atoms with van der Waals surface area (Å²) in [5.74, 6) is -0.490. The lowest BCUT2D eigenvalue weighted by Crippen LogP contribution is -2.32. The first kappa shape index (κ1) is 14.6. The zero-order valence-corrected chi connectivity index (χ0v) is 13.7. The maximum atomic E-state index is 14.0. The van der Waals surface area contributed by atoms with Crippen LogP contribution >= 0.6 is 27.7 Å². The molecule has 0 aliphatic carbocycles. The highest BCUT2D eigenvalue weighted by Crippen LogP contribution is 2.41. The Bertz CT molecular complexity index is 833. The lowest BCUT2D eigenvalue weighted by atomic mass is 10.1. The molecule has 110 valence electrons. The van der Waals surface area contributed by atoms with Gasteiger partial charge in [-0.1, -0.05) is 0 Å². The molecule has 0 saturated carbocycles. The summed E-state index contributed by atoms with van der Waals surface area (Å²) < 4.78 is 20.5. The molecule has 0 fully saturated rings. The van der Waals surface area contributed by atoms with Crippen LogP contribution in [0.15, 0.2) is 26.3 Å². The summed E-state index contributed by atoms with van der Waals surface area (Å²) in [6.07, 6.45) is 0. The Morgan fingerprint density at radius 3 is 2.90 bits per heavy atom. The van der Waals surface area contributed by atoms with E-state index in [1.807, 2.05) is 6.92 Å². The summed E-state index contributed by atoms with van der Waals surface area (Å²) >= 11 is 4.73. The molecular weight excluding hydrogens is 361 g/mol. The number of aromatic nitrogens is 1. The number of thioether (sulfide) groups is 1. The van der Waals surface area contributed by atoms with Crippen molar-refractivity contribution in [1.29, 1.82) is 0 Å². The van der Waals surface area contributed by atoms with E-state index in [9.17, 15) is 14.0 Å². The van der Waals surface area contributed by atoms with Crippen LogP contribution in [0, 0.1) is 5.82 Å². The van der Waals surface area contributed by atoms with E-state index in [0.29, 0.717) is 26.0 Å². The summed E-state index contributed by atoms with van der Waals surface area (Å²) in [6.45, 7) is 1.90. The van der Waals surface area contributed by atoms with E-state index >= 15 is 0 Å². The topological polar surface area (TPSA) is 48.3 Å². The molecule has 2 aromatic rings. The Balaban J connectivity index is 2.51. The molecule has 0 saturated heterocycles. The fourth-order valence-electron chi connectivity index (χ4n) is 2.51. The van der Waals surface area contributed by atoms with Gasteiger partial charge in [-0.15, -0.1) is 11.8 Å². The van der Waals surface area contributed by atoms with Gasteiger partial charge in [0, 0.05) is 22.1 Å². The van der Waals surface area contributed by atoms with Gasteiger partial charge >= 0.3 is 5.97 Å². The van der Waals surface area contributed by atoms with Crippen LogP contribution in [0.3, 0.4) is 0 Å². The van der Waals surface area contributed by atoms with Crippen LogP contribution in [-0.4, -0.2) is 23.4 Å². The van der Waals surface area contributed by atoms with Crippen LogP contribution in [0.4, 0.5) is 4.39 Å². The van der Waals surface area contributed by atoms with Crippen LogP contribution in [0.2, 0.25) is 0 Å². The number of hydrogen-bond acceptors (Lipinski definition) is 4. The number of benzene rings is 1. The standard InChI is InChI=1S/C14H11BrFNO3S/c1-6-5-21-12-10(15)9(16)4-7-3-8(14(19)20-2)13(18)17(6)11(7)12/h3-4,6H,5H2,1-2H3/t6-/m0/s1. The van der Waals surface area contributed by atoms with Crippen molar-refractivity contribution < 1.29 is 13.9 Å². The van der Waals surface area contributed by atoms with Crippen molar-refractivity contribution in [2.45, 2.75) is 17.9 Å². The number of methoxy groups -OCH3 is 1. The number of rotatable bonds is 1. The van der Waals surface area contributed by atoms with E-state index in [1.54, 1.807) is 4.57 Å². The van der Waals surface area contributed by atoms with E-state index < -0.39 is 17.3 Å². The van der Waals surface area contributed by atoms with Crippen LogP contribution in [0.25, 0.3) is 10.9 Å². The van der Waals surface area contributed by atoms with E-state index in [0.717, 1.165) is 0 Å². The van der Waals surface area contributed by atoms with Crippen molar-refractivity contribution in [2.75, 3.05) is 12.9 Å². The lowest BCUT2D eigenvalue weighted by molar-refractivity contribution is 0.0598. The Kier molecular flexibility index (Phi) is 3.57. The van der Waals surface area contributed by atoms with Gasteiger partial charge in [0.2, 0.25) is 0 Å². The van der Waals surface area contributed by atoms with Gasteiger partial charge in [0.1, 0.15) is 11.4 Å². The molecule has 1 aromatic carbocycles. The first-order valence-electron chi connectivity index (χ1n) is 6.24. The minimum atomic E-state index is -0.707. The third kappa shape index (κ3) is 2.10. The summed E-state index contributed by atoms with van der Waals surface area (Å²) in [6, 6.07) is 2.64. The molecule has 1 atom stereocenters. The van der Waals surface area contributed by atoms with E-state index in [4.69, 9.17) is 0 Å². The maximum absolute atomic E-state index is 14.0. The van der Waals surface area contributed by atoms with Gasteiger partial charge in [-0.3, -0.25) is 4.79 Å². The molecule has 0 radical (unpaired) electrons. The van der Waals surface area contributed by atoms with E-state index in [1.165, 1.54) is 31.0 Å². The second-order valence-electron chi connectivity index (χ2n) is 4.82. The SMILES string of the molecule is COC(=O)c1cc2cc(F)c(Br)c3c2n(c1=O)[C@@H](C)CS3. The number of pyridine rings is 1. The number of carbonyl (C=O) groups is 1. The zero-order valence-electron chi connectivity index (χ0n) is 11.3. The largest absolute Gasteiger partial charge is 0.465 e. The summed E-state index contributed by atoms with van der Waals surface area (Å²) in [5, 5.41) is 0.518. The van der Waals surface area contributed by atoms with Crippen LogP contribution < -0.4 is 5.56 Å². The molecule has 1 aliphatic rings. The van der Waals surface area contributed by atoms with Gasteiger partial charge in [0.05, 0.1) is 17.1 Å².